The molecular weight excluding hydrogens is 314 g/mol. The molecule has 0 aromatic heterocycles. The fourth-order valence-electron chi connectivity index (χ4n) is 2.82. The number of rotatable bonds is 2. The van der Waals surface area contributed by atoms with Crippen LogP contribution in [0.4, 0.5) is 0 Å². The molecule has 102 valence electrons. The van der Waals surface area contributed by atoms with Crippen LogP contribution in [0.5, 0.6) is 0 Å². The van der Waals surface area contributed by atoms with Crippen LogP contribution in [0.2, 0.25) is 0 Å². The molecule has 1 heterocycles. The second-order valence-corrected chi connectivity index (χ2v) is 5.99. The van der Waals surface area contributed by atoms with E-state index in [1.165, 1.54) is 5.56 Å². The molecule has 3 heteroatoms. The fraction of sp³-hybridized carbons (Fsp3) is 0.235. The molecule has 2 nitrogen and oxygen atoms in total. The van der Waals surface area contributed by atoms with Crippen LogP contribution >= 0.6 is 15.9 Å². The van der Waals surface area contributed by atoms with E-state index < -0.39 is 0 Å². The maximum atomic E-state index is 12.7. The first-order valence-corrected chi connectivity index (χ1v) is 7.66. The van der Waals surface area contributed by atoms with Gasteiger partial charge in [-0.05, 0) is 36.6 Å². The molecule has 1 fully saturated rings. The van der Waals surface area contributed by atoms with E-state index in [9.17, 15) is 4.79 Å². The van der Waals surface area contributed by atoms with Gasteiger partial charge in [-0.15, -0.1) is 0 Å². The van der Waals surface area contributed by atoms with Crippen LogP contribution in [0.25, 0.3) is 0 Å². The molecule has 1 saturated heterocycles. The Morgan fingerprint density at radius 3 is 2.65 bits per heavy atom. The molecule has 3 rings (SSSR count). The van der Waals surface area contributed by atoms with E-state index in [4.69, 9.17) is 0 Å². The Hall–Kier alpha value is -1.61. The highest BCUT2D eigenvalue weighted by Crippen LogP contribution is 2.33. The van der Waals surface area contributed by atoms with E-state index in [-0.39, 0.29) is 11.9 Å². The van der Waals surface area contributed by atoms with Crippen LogP contribution in [-0.4, -0.2) is 17.4 Å². The average Bonchev–Trinajstić information content (AvgIpc) is 2.97. The zero-order valence-electron chi connectivity index (χ0n) is 11.1. The summed E-state index contributed by atoms with van der Waals surface area (Å²) in [4.78, 5) is 14.7. The number of halogens is 1. The summed E-state index contributed by atoms with van der Waals surface area (Å²) in [6.45, 7) is 0.838. The van der Waals surface area contributed by atoms with Crippen LogP contribution < -0.4 is 0 Å². The SMILES string of the molecule is O=C(c1cccc(Br)c1)N1CCC[C@H]1c1ccccc1. The van der Waals surface area contributed by atoms with E-state index in [2.05, 4.69) is 28.1 Å². The largest absolute Gasteiger partial charge is 0.332 e. The van der Waals surface area contributed by atoms with Crippen molar-refractivity contribution in [1.82, 2.24) is 4.90 Å². The summed E-state index contributed by atoms with van der Waals surface area (Å²) < 4.78 is 0.943. The van der Waals surface area contributed by atoms with Crippen molar-refractivity contribution in [2.75, 3.05) is 6.54 Å². The third-order valence-electron chi connectivity index (χ3n) is 3.77. The molecular formula is C17H16BrNO. The van der Waals surface area contributed by atoms with Gasteiger partial charge in [0.15, 0.2) is 0 Å². The summed E-state index contributed by atoms with van der Waals surface area (Å²) in [7, 11) is 0. The molecule has 0 bridgehead atoms. The topological polar surface area (TPSA) is 20.3 Å². The molecule has 0 N–H and O–H groups in total. The van der Waals surface area contributed by atoms with E-state index >= 15 is 0 Å². The molecule has 1 aliphatic rings. The summed E-state index contributed by atoms with van der Waals surface area (Å²) in [6.07, 6.45) is 2.11. The van der Waals surface area contributed by atoms with Crippen LogP contribution in [-0.2, 0) is 0 Å². The van der Waals surface area contributed by atoms with Crippen molar-refractivity contribution in [3.05, 3.63) is 70.2 Å². The summed E-state index contributed by atoms with van der Waals surface area (Å²) in [5.41, 5.74) is 1.98. The van der Waals surface area contributed by atoms with Crippen molar-refractivity contribution in [2.45, 2.75) is 18.9 Å². The third kappa shape index (κ3) is 2.63. The Morgan fingerprint density at radius 2 is 1.90 bits per heavy atom. The average molecular weight is 330 g/mol. The van der Waals surface area contributed by atoms with E-state index in [1.807, 2.05) is 47.4 Å². The van der Waals surface area contributed by atoms with Crippen molar-refractivity contribution in [2.24, 2.45) is 0 Å². The van der Waals surface area contributed by atoms with Gasteiger partial charge in [-0.2, -0.15) is 0 Å². The number of hydrogen-bond acceptors (Lipinski definition) is 1. The Labute approximate surface area is 127 Å². The number of carbonyl (C=O) groups is 1. The molecule has 0 aliphatic carbocycles. The second kappa shape index (κ2) is 5.80. The second-order valence-electron chi connectivity index (χ2n) is 5.08. The molecule has 0 radical (unpaired) electrons. The van der Waals surface area contributed by atoms with Crippen molar-refractivity contribution in [1.29, 1.82) is 0 Å². The van der Waals surface area contributed by atoms with Gasteiger partial charge < -0.3 is 4.90 Å². The van der Waals surface area contributed by atoms with E-state index in [1.54, 1.807) is 0 Å². The van der Waals surface area contributed by atoms with Gasteiger partial charge >= 0.3 is 0 Å². The zero-order valence-corrected chi connectivity index (χ0v) is 12.7. The van der Waals surface area contributed by atoms with E-state index in [0.29, 0.717) is 0 Å². The van der Waals surface area contributed by atoms with Crippen LogP contribution in [0.3, 0.4) is 0 Å². The fourth-order valence-corrected chi connectivity index (χ4v) is 3.22. The third-order valence-corrected chi connectivity index (χ3v) is 4.26. The Bertz CT molecular complexity index is 611. The molecule has 1 amide bonds. The van der Waals surface area contributed by atoms with Gasteiger partial charge in [0, 0.05) is 16.6 Å². The molecule has 2 aromatic carbocycles. The summed E-state index contributed by atoms with van der Waals surface area (Å²) in [6, 6.07) is 18.1. The number of nitrogens with zero attached hydrogens (tertiary/aromatic N) is 1. The highest BCUT2D eigenvalue weighted by Gasteiger charge is 2.30. The first-order chi connectivity index (χ1) is 9.75. The summed E-state index contributed by atoms with van der Waals surface area (Å²) in [5, 5.41) is 0. The van der Waals surface area contributed by atoms with Crippen molar-refractivity contribution >= 4 is 21.8 Å². The maximum Gasteiger partial charge on any atom is 0.254 e. The van der Waals surface area contributed by atoms with Gasteiger partial charge in [0.25, 0.3) is 5.91 Å². The number of carbonyl (C=O) groups excluding carboxylic acids is 1. The lowest BCUT2D eigenvalue weighted by Gasteiger charge is -2.25. The monoisotopic (exact) mass is 329 g/mol. The van der Waals surface area contributed by atoms with Crippen LogP contribution in [0.1, 0.15) is 34.8 Å². The minimum absolute atomic E-state index is 0.123. The Balaban J connectivity index is 1.87. The Morgan fingerprint density at radius 1 is 1.10 bits per heavy atom. The smallest absolute Gasteiger partial charge is 0.254 e. The molecule has 0 saturated carbocycles. The molecule has 1 aliphatic heterocycles. The molecule has 1 atom stereocenters. The Kier molecular flexibility index (Phi) is 3.88. The molecule has 0 unspecified atom stereocenters. The minimum atomic E-state index is 0.123. The number of likely N-dealkylation sites (tertiary alicyclic amines) is 1. The highest BCUT2D eigenvalue weighted by molar-refractivity contribution is 9.10. The first kappa shape index (κ1) is 13.4. The highest BCUT2D eigenvalue weighted by atomic mass is 79.9. The van der Waals surface area contributed by atoms with Gasteiger partial charge in [-0.3, -0.25) is 4.79 Å². The summed E-state index contributed by atoms with van der Waals surface area (Å²) >= 11 is 3.43. The quantitative estimate of drug-likeness (QED) is 0.798. The molecule has 0 spiro atoms. The van der Waals surface area contributed by atoms with E-state index in [0.717, 1.165) is 29.4 Å². The molecule has 20 heavy (non-hydrogen) atoms. The molecule has 2 aromatic rings. The van der Waals surface area contributed by atoms with Gasteiger partial charge in [0.1, 0.15) is 0 Å². The first-order valence-electron chi connectivity index (χ1n) is 6.87. The lowest BCUT2D eigenvalue weighted by atomic mass is 10.0. The van der Waals surface area contributed by atoms with Crippen LogP contribution in [0, 0.1) is 0 Å². The standard InChI is InChI=1S/C17H16BrNO/c18-15-9-4-8-14(12-15)17(20)19-11-5-10-16(19)13-6-2-1-3-7-13/h1-4,6-9,12,16H,5,10-11H2/t16-/m0/s1. The van der Waals surface area contributed by atoms with Crippen molar-refractivity contribution in [3.63, 3.8) is 0 Å². The number of benzene rings is 2. The van der Waals surface area contributed by atoms with Gasteiger partial charge in [0.2, 0.25) is 0 Å². The number of hydrogen-bond donors (Lipinski definition) is 0. The van der Waals surface area contributed by atoms with Gasteiger partial charge in [0.05, 0.1) is 6.04 Å². The van der Waals surface area contributed by atoms with Crippen molar-refractivity contribution < 1.29 is 4.79 Å². The lowest BCUT2D eigenvalue weighted by molar-refractivity contribution is 0.0735. The summed E-state index contributed by atoms with van der Waals surface area (Å²) in [5.74, 6) is 0.123. The normalized spacial score (nSPS) is 18.2. The van der Waals surface area contributed by atoms with Gasteiger partial charge in [-0.25, -0.2) is 0 Å². The lowest BCUT2D eigenvalue weighted by Crippen LogP contribution is -2.30. The van der Waals surface area contributed by atoms with Gasteiger partial charge in [-0.1, -0.05) is 52.3 Å². The number of amides is 1. The van der Waals surface area contributed by atoms with Crippen molar-refractivity contribution in [3.8, 4) is 0 Å². The zero-order chi connectivity index (χ0) is 13.9. The predicted molar refractivity (Wildman–Crippen MR) is 83.6 cm³/mol. The maximum absolute atomic E-state index is 12.7. The minimum Gasteiger partial charge on any atom is -0.332 e. The predicted octanol–water partition coefficient (Wildman–Crippen LogP) is 4.43. The van der Waals surface area contributed by atoms with Crippen LogP contribution in [0.15, 0.2) is 59.1 Å².